The number of rotatable bonds is 4. The summed E-state index contributed by atoms with van der Waals surface area (Å²) in [6, 6.07) is 1.77. The summed E-state index contributed by atoms with van der Waals surface area (Å²) in [7, 11) is 0. The maximum atomic E-state index is 13.1. The fourth-order valence-corrected chi connectivity index (χ4v) is 4.61. The van der Waals surface area contributed by atoms with Crippen LogP contribution in [0, 0.1) is 0 Å². The fraction of sp³-hybridized carbons (Fsp3) is 0.722. The number of hydrogen-bond donors (Lipinski definition) is 1. The Kier molecular flexibility index (Phi) is 3.68. The average molecular weight is 347 g/mol. The first-order valence-corrected chi connectivity index (χ1v) is 9.05. The van der Waals surface area contributed by atoms with E-state index in [2.05, 4.69) is 5.16 Å². The molecule has 0 bridgehead atoms. The van der Waals surface area contributed by atoms with Gasteiger partial charge in [0.2, 0.25) is 5.91 Å². The molecule has 4 rings (SSSR count). The van der Waals surface area contributed by atoms with Crippen LogP contribution in [0.25, 0.3) is 0 Å². The molecule has 3 aliphatic rings. The minimum absolute atomic E-state index is 0.124. The summed E-state index contributed by atoms with van der Waals surface area (Å²) in [5.41, 5.74) is 4.90. The number of hydrogen-bond acceptors (Lipinski definition) is 5. The summed E-state index contributed by atoms with van der Waals surface area (Å²) < 4.78 is 11.5. The Bertz CT molecular complexity index is 709. The number of carbonyl (C=O) groups is 2. The molecule has 3 heterocycles. The number of nitrogens with zero attached hydrogens (tertiary/aromatic N) is 2. The van der Waals surface area contributed by atoms with Crippen LogP contribution in [0.2, 0.25) is 0 Å². The van der Waals surface area contributed by atoms with E-state index >= 15 is 0 Å². The van der Waals surface area contributed by atoms with Gasteiger partial charge in [0.1, 0.15) is 5.76 Å². The molecule has 0 radical (unpaired) electrons. The van der Waals surface area contributed by atoms with Gasteiger partial charge in [-0.2, -0.15) is 0 Å². The van der Waals surface area contributed by atoms with E-state index in [1.165, 1.54) is 0 Å². The molecule has 136 valence electrons. The smallest absolute Gasteiger partial charge is 0.276 e. The predicted molar refractivity (Wildman–Crippen MR) is 88.9 cm³/mol. The number of carbonyl (C=O) groups excluding carboxylic acids is 2. The van der Waals surface area contributed by atoms with Crippen LogP contribution in [0.4, 0.5) is 0 Å². The van der Waals surface area contributed by atoms with Gasteiger partial charge in [-0.1, -0.05) is 5.16 Å². The number of ether oxygens (including phenoxy) is 1. The zero-order valence-electron chi connectivity index (χ0n) is 14.8. The Morgan fingerprint density at radius 3 is 2.84 bits per heavy atom. The summed E-state index contributed by atoms with van der Waals surface area (Å²) in [6.45, 7) is 4.63. The first kappa shape index (κ1) is 16.6. The van der Waals surface area contributed by atoms with Gasteiger partial charge in [0.15, 0.2) is 5.69 Å². The van der Waals surface area contributed by atoms with Crippen LogP contribution in [0.15, 0.2) is 10.6 Å². The van der Waals surface area contributed by atoms with E-state index in [0.717, 1.165) is 31.4 Å². The minimum atomic E-state index is -0.492. The molecule has 3 fully saturated rings. The molecule has 1 spiro atoms. The van der Waals surface area contributed by atoms with Gasteiger partial charge in [0.05, 0.1) is 23.7 Å². The predicted octanol–water partition coefficient (Wildman–Crippen LogP) is 1.97. The van der Waals surface area contributed by atoms with E-state index in [1.807, 2.05) is 18.7 Å². The van der Waals surface area contributed by atoms with Crippen molar-refractivity contribution in [2.24, 2.45) is 5.73 Å². The highest BCUT2D eigenvalue weighted by Crippen LogP contribution is 2.49. The Balaban J connectivity index is 1.63. The van der Waals surface area contributed by atoms with Gasteiger partial charge in [-0.3, -0.25) is 9.59 Å². The van der Waals surface area contributed by atoms with E-state index < -0.39 is 17.0 Å². The molecule has 2 aliphatic heterocycles. The fourth-order valence-electron chi connectivity index (χ4n) is 4.61. The van der Waals surface area contributed by atoms with Crippen LogP contribution in [0.5, 0.6) is 0 Å². The highest BCUT2D eigenvalue weighted by molar-refractivity contribution is 5.93. The van der Waals surface area contributed by atoms with Crippen molar-refractivity contribution in [3.05, 3.63) is 17.5 Å². The molecule has 2 atom stereocenters. The molecule has 25 heavy (non-hydrogen) atoms. The monoisotopic (exact) mass is 347 g/mol. The number of amides is 2. The summed E-state index contributed by atoms with van der Waals surface area (Å²) in [5.74, 6) is 0.675. The van der Waals surface area contributed by atoms with Crippen molar-refractivity contribution in [3.8, 4) is 0 Å². The van der Waals surface area contributed by atoms with Crippen molar-refractivity contribution in [3.63, 3.8) is 0 Å². The van der Waals surface area contributed by atoms with E-state index in [9.17, 15) is 9.59 Å². The average Bonchev–Trinajstić information content (AvgIpc) is 3.01. The molecule has 2 saturated heterocycles. The third-order valence-electron chi connectivity index (χ3n) is 5.68. The van der Waals surface area contributed by atoms with Gasteiger partial charge in [-0.15, -0.1) is 0 Å². The molecule has 1 aromatic rings. The minimum Gasteiger partial charge on any atom is -0.370 e. The second-order valence-electron chi connectivity index (χ2n) is 8.27. The molecule has 7 heteroatoms. The quantitative estimate of drug-likeness (QED) is 0.898. The molecule has 0 unspecified atom stereocenters. The topological polar surface area (TPSA) is 98.7 Å². The summed E-state index contributed by atoms with van der Waals surface area (Å²) >= 11 is 0. The van der Waals surface area contributed by atoms with E-state index in [1.54, 1.807) is 6.07 Å². The number of nitrogens with two attached hydrogens (primary N) is 1. The third-order valence-corrected chi connectivity index (χ3v) is 5.68. The Morgan fingerprint density at radius 2 is 2.16 bits per heavy atom. The highest BCUT2D eigenvalue weighted by Gasteiger charge is 2.58. The highest BCUT2D eigenvalue weighted by atomic mass is 16.5. The van der Waals surface area contributed by atoms with Gasteiger partial charge in [-0.25, -0.2) is 0 Å². The molecule has 0 aromatic carbocycles. The normalized spacial score (nSPS) is 31.0. The first-order valence-electron chi connectivity index (χ1n) is 9.05. The number of aromatic nitrogens is 1. The first-order chi connectivity index (χ1) is 11.8. The zero-order chi connectivity index (χ0) is 17.8. The molecule has 2 amide bonds. The lowest BCUT2D eigenvalue weighted by Gasteiger charge is -2.38. The summed E-state index contributed by atoms with van der Waals surface area (Å²) in [6.07, 6.45) is 4.33. The summed E-state index contributed by atoms with van der Waals surface area (Å²) in [5, 5.41) is 4.00. The van der Waals surface area contributed by atoms with Gasteiger partial charge in [0, 0.05) is 24.9 Å². The molecule has 1 aromatic heterocycles. The zero-order valence-corrected chi connectivity index (χ0v) is 14.8. The van der Waals surface area contributed by atoms with Crippen molar-refractivity contribution in [1.29, 1.82) is 0 Å². The molecular weight excluding hydrogens is 322 g/mol. The van der Waals surface area contributed by atoms with Crippen molar-refractivity contribution < 1.29 is 18.8 Å². The van der Waals surface area contributed by atoms with Crippen molar-refractivity contribution in [2.75, 3.05) is 6.54 Å². The molecular formula is C18H25N3O4. The van der Waals surface area contributed by atoms with Gasteiger partial charge < -0.3 is 19.9 Å². The SMILES string of the molecule is CC1(C)C[C@]2(CCCN2C(=O)c2cc(C3CC3)on2)[C@H](CC(N)=O)O1. The lowest BCUT2D eigenvalue weighted by Crippen LogP contribution is -2.53. The van der Waals surface area contributed by atoms with Gasteiger partial charge in [0.25, 0.3) is 5.91 Å². The van der Waals surface area contributed by atoms with Crippen LogP contribution in [0.1, 0.15) is 74.5 Å². The molecule has 7 nitrogen and oxygen atoms in total. The molecule has 1 saturated carbocycles. The van der Waals surface area contributed by atoms with Crippen LogP contribution >= 0.6 is 0 Å². The number of primary amides is 1. The third kappa shape index (κ3) is 2.84. The van der Waals surface area contributed by atoms with Gasteiger partial charge >= 0.3 is 0 Å². The molecule has 2 N–H and O–H groups in total. The second kappa shape index (κ2) is 5.56. The second-order valence-corrected chi connectivity index (χ2v) is 8.27. The Labute approximate surface area is 146 Å². The van der Waals surface area contributed by atoms with Crippen molar-refractivity contribution >= 4 is 11.8 Å². The van der Waals surface area contributed by atoms with Crippen molar-refractivity contribution in [2.45, 2.75) is 75.5 Å². The standard InChI is InChI=1S/C18H25N3O4/c1-17(2)10-18(14(24-17)9-15(19)22)6-3-7-21(18)16(23)12-8-13(25-20-12)11-4-5-11/h8,11,14H,3-7,9-10H2,1-2H3,(H2,19,22)/t14-,18+/m0/s1. The lowest BCUT2D eigenvalue weighted by molar-refractivity contribution is -0.123. The van der Waals surface area contributed by atoms with E-state index in [0.29, 0.717) is 24.6 Å². The van der Waals surface area contributed by atoms with Crippen LogP contribution in [0.3, 0.4) is 0 Å². The van der Waals surface area contributed by atoms with E-state index in [4.69, 9.17) is 15.0 Å². The number of likely N-dealkylation sites (tertiary alicyclic amines) is 1. The van der Waals surface area contributed by atoms with Crippen LogP contribution < -0.4 is 5.73 Å². The Morgan fingerprint density at radius 1 is 1.40 bits per heavy atom. The largest absolute Gasteiger partial charge is 0.370 e. The van der Waals surface area contributed by atoms with E-state index in [-0.39, 0.29) is 18.4 Å². The van der Waals surface area contributed by atoms with Gasteiger partial charge in [-0.05, 0) is 39.5 Å². The van der Waals surface area contributed by atoms with Crippen LogP contribution in [-0.4, -0.2) is 45.7 Å². The Hall–Kier alpha value is -1.89. The maximum Gasteiger partial charge on any atom is 0.276 e. The summed E-state index contributed by atoms with van der Waals surface area (Å²) in [4.78, 5) is 26.5. The lowest BCUT2D eigenvalue weighted by atomic mass is 9.82. The van der Waals surface area contributed by atoms with Crippen molar-refractivity contribution in [1.82, 2.24) is 10.1 Å². The van der Waals surface area contributed by atoms with Crippen LogP contribution in [-0.2, 0) is 9.53 Å². The maximum absolute atomic E-state index is 13.1. The molecule has 1 aliphatic carbocycles.